The van der Waals surface area contributed by atoms with Crippen LogP contribution < -0.4 is 5.43 Å². The number of anilines is 1. The minimum absolute atomic E-state index is 0.204. The summed E-state index contributed by atoms with van der Waals surface area (Å²) in [6, 6.07) is 6.72. The highest BCUT2D eigenvalue weighted by molar-refractivity contribution is 14.1. The van der Waals surface area contributed by atoms with E-state index >= 15 is 0 Å². The molecule has 7 N–H and O–H groups in total. The maximum absolute atomic E-state index is 9.58. The van der Waals surface area contributed by atoms with Crippen LogP contribution in [0.5, 0.6) is 34.5 Å². The maximum Gasteiger partial charge on any atom is 0.200 e. The van der Waals surface area contributed by atoms with Crippen LogP contribution in [-0.4, -0.2) is 79.4 Å². The molecule has 196 valence electrons. The number of halogens is 2. The van der Waals surface area contributed by atoms with Crippen LogP contribution in [-0.2, 0) is 4.74 Å². The third kappa shape index (κ3) is 7.90. The average Bonchev–Trinajstić information content (AvgIpc) is 2.87. The highest BCUT2D eigenvalue weighted by Crippen LogP contribution is 2.36. The molecule has 1 aliphatic rings. The molecule has 0 spiro atoms. The third-order valence-electron chi connectivity index (χ3n) is 4.81. The average molecular weight is 644 g/mol. The number of morpholine rings is 1. The van der Waals surface area contributed by atoms with Gasteiger partial charge in [0.2, 0.25) is 5.75 Å². The van der Waals surface area contributed by atoms with Crippen LogP contribution in [0.1, 0.15) is 11.1 Å². The van der Waals surface area contributed by atoms with Gasteiger partial charge in [-0.2, -0.15) is 10.2 Å². The number of ether oxygens (including phenoxy) is 1. The van der Waals surface area contributed by atoms with E-state index in [9.17, 15) is 25.5 Å². The molecule has 1 aromatic heterocycles. The minimum atomic E-state index is -0.532. The fraction of sp³-hybridized carbons (Fsp3) is 0.174. The van der Waals surface area contributed by atoms with E-state index < -0.39 is 11.5 Å². The Hall–Kier alpha value is -3.69. The highest BCUT2D eigenvalue weighted by Gasteiger charge is 2.11. The molecule has 0 aliphatic carbocycles. The third-order valence-corrected chi connectivity index (χ3v) is 5.84. The Morgan fingerprint density at radius 1 is 0.892 bits per heavy atom. The number of nitrogens with zero attached hydrogens (tertiary/aromatic N) is 4. The van der Waals surface area contributed by atoms with Gasteiger partial charge in [0, 0.05) is 23.4 Å². The van der Waals surface area contributed by atoms with E-state index in [-0.39, 0.29) is 28.6 Å². The van der Waals surface area contributed by atoms with Gasteiger partial charge in [-0.15, -0.1) is 0 Å². The topological polar surface area (TPSA) is 183 Å². The zero-order chi connectivity index (χ0) is 26.9. The Balaban J connectivity index is 0.000000208. The summed E-state index contributed by atoms with van der Waals surface area (Å²) >= 11 is 7.83. The number of nitrogens with one attached hydrogen (secondary N) is 1. The summed E-state index contributed by atoms with van der Waals surface area (Å²) in [6.07, 6.45) is 4.21. The number of benzene rings is 2. The van der Waals surface area contributed by atoms with E-state index in [0.29, 0.717) is 42.7 Å². The molecule has 37 heavy (non-hydrogen) atoms. The molecule has 0 unspecified atom stereocenters. The van der Waals surface area contributed by atoms with Gasteiger partial charge in [-0.25, -0.2) is 4.98 Å². The van der Waals surface area contributed by atoms with E-state index in [4.69, 9.17) is 21.4 Å². The lowest BCUT2D eigenvalue weighted by atomic mass is 10.2. The fourth-order valence-corrected chi connectivity index (χ4v) is 3.78. The minimum Gasteiger partial charge on any atom is -0.507 e. The Morgan fingerprint density at radius 3 is 2.30 bits per heavy atom. The normalized spacial score (nSPS) is 13.5. The molecule has 1 saturated heterocycles. The lowest BCUT2D eigenvalue weighted by molar-refractivity contribution is 0.0397. The lowest BCUT2D eigenvalue weighted by Gasteiger charge is -2.23. The zero-order valence-corrected chi connectivity index (χ0v) is 22.0. The number of phenols is 6. The Kier molecular flexibility index (Phi) is 9.82. The maximum atomic E-state index is 9.58. The summed E-state index contributed by atoms with van der Waals surface area (Å²) in [6.45, 7) is 2.65. The van der Waals surface area contributed by atoms with Crippen molar-refractivity contribution in [1.29, 1.82) is 0 Å². The van der Waals surface area contributed by atoms with E-state index in [1.54, 1.807) is 6.07 Å². The number of aromatic hydroxyl groups is 6. The number of phenolic OH excluding ortho intramolecular Hbond substituents is 6. The van der Waals surface area contributed by atoms with E-state index in [1.165, 1.54) is 36.8 Å². The van der Waals surface area contributed by atoms with Crippen LogP contribution in [0.3, 0.4) is 0 Å². The van der Waals surface area contributed by atoms with Gasteiger partial charge in [-0.1, -0.05) is 11.6 Å². The van der Waals surface area contributed by atoms with Crippen molar-refractivity contribution >= 4 is 52.4 Å². The molecule has 0 radical (unpaired) electrons. The monoisotopic (exact) mass is 643 g/mol. The predicted molar refractivity (Wildman–Crippen MR) is 146 cm³/mol. The van der Waals surface area contributed by atoms with Crippen LogP contribution in [0, 0.1) is 3.57 Å². The van der Waals surface area contributed by atoms with E-state index in [2.05, 4.69) is 43.2 Å². The zero-order valence-electron chi connectivity index (χ0n) is 19.1. The molecule has 0 bridgehead atoms. The molecular formula is C23H23ClIN5O7. The second-order valence-corrected chi connectivity index (χ2v) is 9.03. The van der Waals surface area contributed by atoms with Gasteiger partial charge in [0.1, 0.15) is 5.75 Å². The van der Waals surface area contributed by atoms with Gasteiger partial charge < -0.3 is 35.4 Å². The highest BCUT2D eigenvalue weighted by atomic mass is 127. The van der Waals surface area contributed by atoms with E-state index in [1.807, 2.05) is 5.01 Å². The van der Waals surface area contributed by atoms with Gasteiger partial charge >= 0.3 is 0 Å². The van der Waals surface area contributed by atoms with Crippen molar-refractivity contribution in [3.05, 3.63) is 56.2 Å². The summed E-state index contributed by atoms with van der Waals surface area (Å²) in [5.74, 6) is -1.70. The van der Waals surface area contributed by atoms with E-state index in [0.717, 1.165) is 9.64 Å². The van der Waals surface area contributed by atoms with Crippen molar-refractivity contribution in [3.8, 4) is 34.5 Å². The van der Waals surface area contributed by atoms with Crippen molar-refractivity contribution in [2.45, 2.75) is 0 Å². The van der Waals surface area contributed by atoms with Gasteiger partial charge in [-0.05, 0) is 46.9 Å². The molecule has 2 heterocycles. The first-order valence-electron chi connectivity index (χ1n) is 10.6. The molecular weight excluding hydrogens is 621 g/mol. The molecule has 0 saturated carbocycles. The number of aromatic nitrogens is 1. The number of hydrogen-bond donors (Lipinski definition) is 7. The van der Waals surface area contributed by atoms with Crippen LogP contribution in [0.15, 0.2) is 46.7 Å². The molecule has 0 atom stereocenters. The molecule has 0 amide bonds. The molecule has 1 aliphatic heterocycles. The first-order valence-corrected chi connectivity index (χ1v) is 12.1. The second-order valence-electron chi connectivity index (χ2n) is 7.44. The number of rotatable bonds is 5. The number of pyridine rings is 1. The molecule has 1 fully saturated rings. The van der Waals surface area contributed by atoms with Crippen LogP contribution in [0.25, 0.3) is 0 Å². The van der Waals surface area contributed by atoms with Gasteiger partial charge in [-0.3, -0.25) is 10.4 Å². The summed E-state index contributed by atoms with van der Waals surface area (Å²) < 4.78 is 5.95. The SMILES string of the molecule is Oc1cc(O)c(C=NNc2ncc(Cl)cc2I)cc1O.Oc1ccc(C=NN2CCOCC2)c(O)c1O. The van der Waals surface area contributed by atoms with Crippen LogP contribution in [0.2, 0.25) is 5.02 Å². The number of hydrazone groups is 2. The molecule has 4 rings (SSSR count). The number of hydrogen-bond acceptors (Lipinski definition) is 12. The Labute approximate surface area is 229 Å². The molecule has 14 heteroatoms. The first kappa shape index (κ1) is 27.9. The van der Waals surface area contributed by atoms with Gasteiger partial charge in [0.05, 0.1) is 47.3 Å². The van der Waals surface area contributed by atoms with Crippen LogP contribution >= 0.6 is 34.2 Å². The van der Waals surface area contributed by atoms with Gasteiger partial charge in [0.25, 0.3) is 0 Å². The lowest BCUT2D eigenvalue weighted by Crippen LogP contribution is -2.32. The van der Waals surface area contributed by atoms with Crippen molar-refractivity contribution in [1.82, 2.24) is 9.99 Å². The summed E-state index contributed by atoms with van der Waals surface area (Å²) in [7, 11) is 0. The molecule has 12 nitrogen and oxygen atoms in total. The van der Waals surface area contributed by atoms with Crippen molar-refractivity contribution < 1.29 is 35.4 Å². The smallest absolute Gasteiger partial charge is 0.200 e. The van der Waals surface area contributed by atoms with Crippen molar-refractivity contribution in [2.24, 2.45) is 10.2 Å². The molecule has 2 aromatic carbocycles. The Morgan fingerprint density at radius 2 is 1.59 bits per heavy atom. The van der Waals surface area contributed by atoms with Crippen molar-refractivity contribution in [2.75, 3.05) is 31.7 Å². The standard InChI is InChI=1S/C12H9ClIN3O3.C11H14N2O4/c13-7-2-8(14)12(15-5-7)17-16-4-6-1-10(19)11(20)3-9(6)18;14-9-2-1-8(10(15)11(9)16)7-12-13-3-5-17-6-4-13/h1-5,18-20H,(H,15,17);1-2,7,14-16H,3-6H2. The Bertz CT molecular complexity index is 1300. The summed E-state index contributed by atoms with van der Waals surface area (Å²) in [4.78, 5) is 4.05. The summed E-state index contributed by atoms with van der Waals surface area (Å²) in [5, 5.41) is 66.6. The van der Waals surface area contributed by atoms with Gasteiger partial charge in [0.15, 0.2) is 28.8 Å². The van der Waals surface area contributed by atoms with Crippen molar-refractivity contribution in [3.63, 3.8) is 0 Å². The fourth-order valence-electron chi connectivity index (χ4n) is 2.85. The first-order chi connectivity index (χ1) is 17.7. The summed E-state index contributed by atoms with van der Waals surface area (Å²) in [5.41, 5.74) is 3.29. The second kappa shape index (κ2) is 13.0. The van der Waals surface area contributed by atoms with Crippen LogP contribution in [0.4, 0.5) is 5.82 Å². The predicted octanol–water partition coefficient (Wildman–Crippen LogP) is 3.37. The molecule has 3 aromatic rings. The quantitative estimate of drug-likeness (QED) is 0.0715. The largest absolute Gasteiger partial charge is 0.507 e.